The lowest BCUT2D eigenvalue weighted by molar-refractivity contribution is 0.107. The molecule has 0 atom stereocenters. The standard InChI is InChI=1S/C17H22ClN3O5S/c1-3-25-10-11-26-17-15(8-9-24-2)16(19-12-20-17)21-27(22,23)14-6-4-13(18)5-7-14/h4-7,12H,3,8-11H2,1-2H3,(H,19,20,21). The van der Waals surface area contributed by atoms with Gasteiger partial charge in [-0.05, 0) is 31.2 Å². The highest BCUT2D eigenvalue weighted by molar-refractivity contribution is 7.92. The molecule has 0 aliphatic carbocycles. The summed E-state index contributed by atoms with van der Waals surface area (Å²) in [6, 6.07) is 5.84. The Balaban J connectivity index is 2.27. The van der Waals surface area contributed by atoms with Gasteiger partial charge in [0.2, 0.25) is 5.88 Å². The van der Waals surface area contributed by atoms with E-state index in [-0.39, 0.29) is 23.2 Å². The molecular formula is C17H22ClN3O5S. The fraction of sp³-hybridized carbons (Fsp3) is 0.412. The summed E-state index contributed by atoms with van der Waals surface area (Å²) in [5.74, 6) is 0.430. The molecule has 1 N–H and O–H groups in total. The van der Waals surface area contributed by atoms with Crippen LogP contribution in [0.15, 0.2) is 35.5 Å². The van der Waals surface area contributed by atoms with Crippen LogP contribution in [0.4, 0.5) is 5.82 Å². The highest BCUT2D eigenvalue weighted by Gasteiger charge is 2.20. The summed E-state index contributed by atoms with van der Waals surface area (Å²) < 4.78 is 43.7. The van der Waals surface area contributed by atoms with Gasteiger partial charge in [-0.15, -0.1) is 0 Å². The molecule has 0 aliphatic rings. The van der Waals surface area contributed by atoms with E-state index < -0.39 is 10.0 Å². The third-order valence-corrected chi connectivity index (χ3v) is 5.09. The van der Waals surface area contributed by atoms with Crippen molar-refractivity contribution in [1.82, 2.24) is 9.97 Å². The number of sulfonamides is 1. The minimum absolute atomic E-state index is 0.0713. The monoisotopic (exact) mass is 415 g/mol. The zero-order valence-electron chi connectivity index (χ0n) is 15.1. The molecule has 0 spiro atoms. The molecule has 27 heavy (non-hydrogen) atoms. The van der Waals surface area contributed by atoms with Crippen LogP contribution in [0.2, 0.25) is 5.02 Å². The second-order valence-electron chi connectivity index (χ2n) is 5.35. The van der Waals surface area contributed by atoms with Crippen molar-refractivity contribution in [2.75, 3.05) is 38.3 Å². The van der Waals surface area contributed by atoms with Gasteiger partial charge in [0, 0.05) is 25.2 Å². The van der Waals surface area contributed by atoms with Crippen LogP contribution < -0.4 is 9.46 Å². The molecule has 1 heterocycles. The highest BCUT2D eigenvalue weighted by Crippen LogP contribution is 2.25. The van der Waals surface area contributed by atoms with Gasteiger partial charge >= 0.3 is 0 Å². The summed E-state index contributed by atoms with van der Waals surface area (Å²) in [6.07, 6.45) is 1.62. The second kappa shape index (κ2) is 10.4. The third-order valence-electron chi connectivity index (χ3n) is 3.49. The van der Waals surface area contributed by atoms with Gasteiger partial charge in [0.15, 0.2) is 0 Å². The molecule has 0 bridgehead atoms. The van der Waals surface area contributed by atoms with E-state index in [0.29, 0.717) is 36.8 Å². The normalized spacial score (nSPS) is 11.4. The van der Waals surface area contributed by atoms with Crippen molar-refractivity contribution in [3.05, 3.63) is 41.2 Å². The number of nitrogens with one attached hydrogen (secondary N) is 1. The lowest BCUT2D eigenvalue weighted by atomic mass is 10.2. The van der Waals surface area contributed by atoms with E-state index in [1.165, 1.54) is 30.6 Å². The first-order valence-electron chi connectivity index (χ1n) is 8.29. The zero-order chi connectivity index (χ0) is 19.7. The Kier molecular flexibility index (Phi) is 8.23. The SMILES string of the molecule is CCOCCOc1ncnc(NS(=O)(=O)c2ccc(Cl)cc2)c1CCOC. The van der Waals surface area contributed by atoms with Crippen molar-refractivity contribution in [2.24, 2.45) is 0 Å². The van der Waals surface area contributed by atoms with Gasteiger partial charge in [0.25, 0.3) is 10.0 Å². The Bertz CT molecular complexity index is 831. The van der Waals surface area contributed by atoms with E-state index in [9.17, 15) is 8.42 Å². The molecule has 2 rings (SSSR count). The van der Waals surface area contributed by atoms with Crippen LogP contribution in [0.1, 0.15) is 12.5 Å². The topological polar surface area (TPSA) is 99.6 Å². The smallest absolute Gasteiger partial charge is 0.263 e. The quantitative estimate of drug-likeness (QED) is 0.563. The predicted octanol–water partition coefficient (Wildman–Crippen LogP) is 2.54. The Morgan fingerprint density at radius 2 is 1.85 bits per heavy atom. The Hall–Kier alpha value is -1.94. The van der Waals surface area contributed by atoms with Gasteiger partial charge in [-0.2, -0.15) is 0 Å². The van der Waals surface area contributed by atoms with Crippen LogP contribution in [-0.4, -0.2) is 51.9 Å². The van der Waals surface area contributed by atoms with E-state index in [4.69, 9.17) is 25.8 Å². The summed E-state index contributed by atoms with van der Waals surface area (Å²) in [4.78, 5) is 8.25. The molecule has 0 amide bonds. The van der Waals surface area contributed by atoms with Crippen molar-refractivity contribution in [3.63, 3.8) is 0 Å². The number of methoxy groups -OCH3 is 1. The Morgan fingerprint density at radius 3 is 2.52 bits per heavy atom. The zero-order valence-corrected chi connectivity index (χ0v) is 16.7. The van der Waals surface area contributed by atoms with Crippen molar-refractivity contribution < 1.29 is 22.6 Å². The van der Waals surface area contributed by atoms with Gasteiger partial charge in [-0.3, -0.25) is 4.72 Å². The highest BCUT2D eigenvalue weighted by atomic mass is 35.5. The minimum Gasteiger partial charge on any atom is -0.475 e. The molecule has 0 saturated carbocycles. The number of aromatic nitrogens is 2. The number of hydrogen-bond acceptors (Lipinski definition) is 7. The summed E-state index contributed by atoms with van der Waals surface area (Å²) in [7, 11) is -2.29. The molecule has 148 valence electrons. The number of rotatable bonds is 11. The molecule has 10 heteroatoms. The third kappa shape index (κ3) is 6.31. The number of benzene rings is 1. The molecule has 1 aromatic heterocycles. The van der Waals surface area contributed by atoms with E-state index in [0.717, 1.165) is 0 Å². The lowest BCUT2D eigenvalue weighted by Crippen LogP contribution is -2.17. The average molecular weight is 416 g/mol. The lowest BCUT2D eigenvalue weighted by Gasteiger charge is -2.15. The van der Waals surface area contributed by atoms with Crippen molar-refractivity contribution >= 4 is 27.4 Å². The van der Waals surface area contributed by atoms with Crippen LogP contribution in [0.25, 0.3) is 0 Å². The summed E-state index contributed by atoms with van der Waals surface area (Å²) >= 11 is 5.82. The molecule has 2 aromatic rings. The maximum atomic E-state index is 12.6. The van der Waals surface area contributed by atoms with Gasteiger partial charge in [0.05, 0.1) is 23.7 Å². The number of nitrogens with zero attached hydrogens (tertiary/aromatic N) is 2. The van der Waals surface area contributed by atoms with Gasteiger partial charge < -0.3 is 14.2 Å². The molecule has 0 fully saturated rings. The second-order valence-corrected chi connectivity index (χ2v) is 7.47. The summed E-state index contributed by atoms with van der Waals surface area (Å²) in [5, 5.41) is 0.446. The summed E-state index contributed by atoms with van der Waals surface area (Å²) in [6.45, 7) is 3.50. The molecule has 0 saturated heterocycles. The van der Waals surface area contributed by atoms with Gasteiger partial charge in [-0.1, -0.05) is 11.6 Å². The number of ether oxygens (including phenoxy) is 3. The van der Waals surface area contributed by atoms with Crippen molar-refractivity contribution in [2.45, 2.75) is 18.2 Å². The van der Waals surface area contributed by atoms with Crippen LogP contribution in [0.3, 0.4) is 0 Å². The minimum atomic E-state index is -3.84. The fourth-order valence-corrected chi connectivity index (χ4v) is 3.35. The van der Waals surface area contributed by atoms with Crippen LogP contribution >= 0.6 is 11.6 Å². The Morgan fingerprint density at radius 1 is 1.11 bits per heavy atom. The van der Waals surface area contributed by atoms with Crippen LogP contribution in [0, 0.1) is 0 Å². The van der Waals surface area contributed by atoms with Crippen molar-refractivity contribution in [3.8, 4) is 5.88 Å². The largest absolute Gasteiger partial charge is 0.475 e. The number of halogens is 1. The molecule has 0 unspecified atom stereocenters. The first-order chi connectivity index (χ1) is 13.0. The molecular weight excluding hydrogens is 394 g/mol. The van der Waals surface area contributed by atoms with Crippen molar-refractivity contribution in [1.29, 1.82) is 0 Å². The van der Waals surface area contributed by atoms with Crippen LogP contribution in [0.5, 0.6) is 5.88 Å². The molecule has 0 aliphatic heterocycles. The first kappa shape index (κ1) is 21.4. The number of anilines is 1. The summed E-state index contributed by atoms with van der Waals surface area (Å²) in [5.41, 5.74) is 0.508. The van der Waals surface area contributed by atoms with Crippen LogP contribution in [-0.2, 0) is 25.9 Å². The van der Waals surface area contributed by atoms with E-state index in [1.54, 1.807) is 7.11 Å². The van der Waals surface area contributed by atoms with Gasteiger partial charge in [-0.25, -0.2) is 18.4 Å². The Labute approximate surface area is 163 Å². The predicted molar refractivity (Wildman–Crippen MR) is 102 cm³/mol. The van der Waals surface area contributed by atoms with Gasteiger partial charge in [0.1, 0.15) is 18.8 Å². The molecule has 0 radical (unpaired) electrons. The van der Waals surface area contributed by atoms with E-state index in [2.05, 4.69) is 14.7 Å². The maximum Gasteiger partial charge on any atom is 0.263 e. The fourth-order valence-electron chi connectivity index (χ4n) is 2.18. The maximum absolute atomic E-state index is 12.6. The number of hydrogen-bond donors (Lipinski definition) is 1. The molecule has 8 nitrogen and oxygen atoms in total. The van der Waals surface area contributed by atoms with E-state index >= 15 is 0 Å². The van der Waals surface area contributed by atoms with E-state index in [1.807, 2.05) is 6.92 Å². The molecule has 1 aromatic carbocycles. The average Bonchev–Trinajstić information content (AvgIpc) is 2.64. The first-order valence-corrected chi connectivity index (χ1v) is 10.2.